The normalized spacial score (nSPS) is 18.0. The first-order chi connectivity index (χ1) is 9.29. The summed E-state index contributed by atoms with van der Waals surface area (Å²) in [4.78, 5) is 0. The Morgan fingerprint density at radius 2 is 1.95 bits per heavy atom. The second-order valence-corrected chi connectivity index (χ2v) is 5.09. The van der Waals surface area contributed by atoms with Crippen LogP contribution in [0.1, 0.15) is 32.1 Å². The average Bonchev–Trinajstić information content (AvgIpc) is 2.47. The highest BCUT2D eigenvalue weighted by atomic mass is 16.5. The molecule has 1 aromatic rings. The van der Waals surface area contributed by atoms with E-state index in [0.717, 1.165) is 24.3 Å². The molecule has 0 amide bonds. The topological polar surface area (TPSA) is 61.7 Å². The van der Waals surface area contributed by atoms with Crippen molar-refractivity contribution in [3.8, 4) is 5.75 Å². The van der Waals surface area contributed by atoms with Gasteiger partial charge in [-0.1, -0.05) is 18.6 Å². The number of benzene rings is 1. The van der Waals surface area contributed by atoms with Crippen LogP contribution >= 0.6 is 0 Å². The fourth-order valence-electron chi connectivity index (χ4n) is 2.37. The van der Waals surface area contributed by atoms with Crippen LogP contribution in [0.5, 0.6) is 5.75 Å². The SMILES string of the molecule is OCC(O)CNc1ccccc1OC1CCCCC1. The molecule has 0 bridgehead atoms. The summed E-state index contributed by atoms with van der Waals surface area (Å²) < 4.78 is 6.05. The van der Waals surface area contributed by atoms with Crippen LogP contribution in [0.4, 0.5) is 5.69 Å². The molecule has 0 aromatic heterocycles. The van der Waals surface area contributed by atoms with Crippen molar-refractivity contribution in [2.75, 3.05) is 18.5 Å². The summed E-state index contributed by atoms with van der Waals surface area (Å²) in [6.07, 6.45) is 5.58. The van der Waals surface area contributed by atoms with E-state index in [0.29, 0.717) is 12.6 Å². The predicted octanol–water partition coefficient (Wildman–Crippen LogP) is 2.16. The van der Waals surface area contributed by atoms with Gasteiger partial charge in [0.15, 0.2) is 0 Å². The second-order valence-electron chi connectivity index (χ2n) is 5.09. The lowest BCUT2D eigenvalue weighted by atomic mass is 9.98. The zero-order valence-corrected chi connectivity index (χ0v) is 11.2. The smallest absolute Gasteiger partial charge is 0.142 e. The van der Waals surface area contributed by atoms with Gasteiger partial charge in [0.1, 0.15) is 5.75 Å². The van der Waals surface area contributed by atoms with Crippen molar-refractivity contribution in [2.45, 2.75) is 44.3 Å². The predicted molar refractivity (Wildman–Crippen MR) is 75.5 cm³/mol. The molecule has 4 heteroatoms. The van der Waals surface area contributed by atoms with Crippen LogP contribution in [0.25, 0.3) is 0 Å². The number of para-hydroxylation sites is 2. The third-order valence-electron chi connectivity index (χ3n) is 3.47. The van der Waals surface area contributed by atoms with Crippen LogP contribution in [-0.2, 0) is 0 Å². The molecule has 0 heterocycles. The first-order valence-electron chi connectivity index (χ1n) is 7.08. The van der Waals surface area contributed by atoms with Crippen LogP contribution in [-0.4, -0.2) is 35.6 Å². The van der Waals surface area contributed by atoms with Gasteiger partial charge < -0.3 is 20.3 Å². The fourth-order valence-corrected chi connectivity index (χ4v) is 2.37. The lowest BCUT2D eigenvalue weighted by molar-refractivity contribution is 0.105. The maximum atomic E-state index is 9.38. The van der Waals surface area contributed by atoms with Gasteiger partial charge in [-0.15, -0.1) is 0 Å². The van der Waals surface area contributed by atoms with Crippen molar-refractivity contribution in [1.82, 2.24) is 0 Å². The Morgan fingerprint density at radius 3 is 2.68 bits per heavy atom. The summed E-state index contributed by atoms with van der Waals surface area (Å²) in [5.74, 6) is 0.833. The third-order valence-corrected chi connectivity index (χ3v) is 3.47. The lowest BCUT2D eigenvalue weighted by Gasteiger charge is -2.24. The van der Waals surface area contributed by atoms with Crippen molar-refractivity contribution in [2.24, 2.45) is 0 Å². The number of nitrogens with one attached hydrogen (secondary N) is 1. The summed E-state index contributed by atoms with van der Waals surface area (Å²) in [6.45, 7) is 0.0835. The van der Waals surface area contributed by atoms with Crippen molar-refractivity contribution in [1.29, 1.82) is 0 Å². The highest BCUT2D eigenvalue weighted by Gasteiger charge is 2.16. The lowest BCUT2D eigenvalue weighted by Crippen LogP contribution is -2.24. The minimum absolute atomic E-state index is 0.237. The van der Waals surface area contributed by atoms with Gasteiger partial charge in [-0.25, -0.2) is 0 Å². The molecule has 0 saturated heterocycles. The van der Waals surface area contributed by atoms with E-state index in [4.69, 9.17) is 9.84 Å². The molecule has 1 saturated carbocycles. The number of aliphatic hydroxyl groups is 2. The number of hydrogen-bond donors (Lipinski definition) is 3. The Kier molecular flexibility index (Phi) is 5.48. The molecule has 0 radical (unpaired) electrons. The molecule has 4 nitrogen and oxygen atoms in total. The van der Waals surface area contributed by atoms with Crippen LogP contribution in [0, 0.1) is 0 Å². The maximum absolute atomic E-state index is 9.38. The van der Waals surface area contributed by atoms with Gasteiger partial charge in [0.25, 0.3) is 0 Å². The molecule has 1 fully saturated rings. The van der Waals surface area contributed by atoms with E-state index in [2.05, 4.69) is 5.32 Å². The summed E-state index contributed by atoms with van der Waals surface area (Å²) in [5, 5.41) is 21.3. The van der Waals surface area contributed by atoms with Gasteiger partial charge >= 0.3 is 0 Å². The maximum Gasteiger partial charge on any atom is 0.142 e. The second kappa shape index (κ2) is 7.36. The minimum Gasteiger partial charge on any atom is -0.488 e. The number of aliphatic hydroxyl groups excluding tert-OH is 2. The van der Waals surface area contributed by atoms with E-state index < -0.39 is 6.10 Å². The van der Waals surface area contributed by atoms with Gasteiger partial charge in [0, 0.05) is 6.54 Å². The van der Waals surface area contributed by atoms with Gasteiger partial charge in [0.05, 0.1) is 24.5 Å². The van der Waals surface area contributed by atoms with E-state index in [1.54, 1.807) is 0 Å². The first kappa shape index (κ1) is 14.2. The van der Waals surface area contributed by atoms with E-state index >= 15 is 0 Å². The molecule has 3 N–H and O–H groups in total. The molecule has 0 aliphatic heterocycles. The average molecular weight is 265 g/mol. The molecule has 1 aromatic carbocycles. The molecular weight excluding hydrogens is 242 g/mol. The third kappa shape index (κ3) is 4.40. The number of anilines is 1. The molecule has 1 unspecified atom stereocenters. The number of rotatable bonds is 6. The van der Waals surface area contributed by atoms with Crippen LogP contribution in [0.2, 0.25) is 0 Å². The van der Waals surface area contributed by atoms with E-state index in [1.807, 2.05) is 24.3 Å². The molecule has 0 spiro atoms. The zero-order valence-electron chi connectivity index (χ0n) is 11.2. The van der Waals surface area contributed by atoms with E-state index in [-0.39, 0.29) is 6.61 Å². The highest BCUT2D eigenvalue weighted by Crippen LogP contribution is 2.29. The van der Waals surface area contributed by atoms with Crippen LogP contribution in [0.3, 0.4) is 0 Å². The Balaban J connectivity index is 1.94. The van der Waals surface area contributed by atoms with Crippen LogP contribution in [0.15, 0.2) is 24.3 Å². The van der Waals surface area contributed by atoms with Gasteiger partial charge in [-0.05, 0) is 37.8 Å². The van der Waals surface area contributed by atoms with Crippen molar-refractivity contribution < 1.29 is 14.9 Å². The molecule has 1 atom stereocenters. The quantitative estimate of drug-likeness (QED) is 0.737. The molecule has 19 heavy (non-hydrogen) atoms. The van der Waals surface area contributed by atoms with Gasteiger partial charge in [-0.2, -0.15) is 0 Å². The Labute approximate surface area is 114 Å². The summed E-state index contributed by atoms with van der Waals surface area (Å²) in [7, 11) is 0. The van der Waals surface area contributed by atoms with Crippen LogP contribution < -0.4 is 10.1 Å². The largest absolute Gasteiger partial charge is 0.488 e. The van der Waals surface area contributed by atoms with Crippen molar-refractivity contribution >= 4 is 5.69 Å². The summed E-state index contributed by atoms with van der Waals surface area (Å²) in [6, 6.07) is 7.76. The first-order valence-corrected chi connectivity index (χ1v) is 7.08. The highest BCUT2D eigenvalue weighted by molar-refractivity contribution is 5.56. The Morgan fingerprint density at radius 1 is 1.21 bits per heavy atom. The zero-order chi connectivity index (χ0) is 13.5. The fraction of sp³-hybridized carbons (Fsp3) is 0.600. The molecule has 2 rings (SSSR count). The van der Waals surface area contributed by atoms with E-state index in [1.165, 1.54) is 19.3 Å². The molecular formula is C15H23NO3. The minimum atomic E-state index is -0.747. The standard InChI is InChI=1S/C15H23NO3/c17-11-12(18)10-16-14-8-4-5-9-15(14)19-13-6-2-1-3-7-13/h4-5,8-9,12-13,16-18H,1-3,6-7,10-11H2. The van der Waals surface area contributed by atoms with Crippen molar-refractivity contribution in [3.63, 3.8) is 0 Å². The summed E-state index contributed by atoms with van der Waals surface area (Å²) >= 11 is 0. The Bertz CT molecular complexity index is 377. The molecule has 106 valence electrons. The monoisotopic (exact) mass is 265 g/mol. The van der Waals surface area contributed by atoms with Gasteiger partial charge in [-0.3, -0.25) is 0 Å². The number of hydrogen-bond acceptors (Lipinski definition) is 4. The summed E-state index contributed by atoms with van der Waals surface area (Å²) in [5.41, 5.74) is 0.876. The molecule has 1 aliphatic rings. The van der Waals surface area contributed by atoms with Gasteiger partial charge in [0.2, 0.25) is 0 Å². The van der Waals surface area contributed by atoms with E-state index in [9.17, 15) is 5.11 Å². The Hall–Kier alpha value is -1.26. The number of ether oxygens (including phenoxy) is 1. The van der Waals surface area contributed by atoms with Crippen molar-refractivity contribution in [3.05, 3.63) is 24.3 Å². The molecule has 1 aliphatic carbocycles.